The fourth-order valence-electron chi connectivity index (χ4n) is 1.92. The van der Waals surface area contributed by atoms with Gasteiger partial charge in [-0.1, -0.05) is 18.2 Å². The Balaban J connectivity index is 1.95. The van der Waals surface area contributed by atoms with Gasteiger partial charge in [-0.2, -0.15) is 5.10 Å². The number of carbonyl (C=O) groups is 1. The van der Waals surface area contributed by atoms with Crippen LogP contribution >= 0.6 is 0 Å². The van der Waals surface area contributed by atoms with E-state index in [-0.39, 0.29) is 18.2 Å². The summed E-state index contributed by atoms with van der Waals surface area (Å²) in [5.74, 6) is 0.392. The Morgan fingerprint density at radius 2 is 1.96 bits per heavy atom. The highest BCUT2D eigenvalue weighted by Crippen LogP contribution is 2.23. The molecule has 2 aromatic carbocycles. The van der Waals surface area contributed by atoms with Gasteiger partial charge < -0.3 is 15.2 Å². The fraction of sp³-hybridized carbons (Fsp3) is 0.176. The molecule has 1 amide bonds. The van der Waals surface area contributed by atoms with E-state index in [1.54, 1.807) is 26.2 Å². The Morgan fingerprint density at radius 1 is 1.22 bits per heavy atom. The summed E-state index contributed by atoms with van der Waals surface area (Å²) in [5, 5.41) is 16.8. The maximum Gasteiger partial charge on any atom is 0.259 e. The summed E-state index contributed by atoms with van der Waals surface area (Å²) < 4.78 is 5.11. The number of hydrazone groups is 1. The summed E-state index contributed by atoms with van der Waals surface area (Å²) in [6.07, 6.45) is 0. The van der Waals surface area contributed by atoms with Crippen LogP contribution in [0.5, 0.6) is 11.5 Å². The van der Waals surface area contributed by atoms with Crippen molar-refractivity contribution in [1.29, 1.82) is 0 Å². The third-order valence-corrected chi connectivity index (χ3v) is 3.17. The van der Waals surface area contributed by atoms with E-state index in [4.69, 9.17) is 4.74 Å². The van der Waals surface area contributed by atoms with E-state index < -0.39 is 0 Å². The Morgan fingerprint density at radius 3 is 2.65 bits per heavy atom. The number of aromatic hydroxyl groups is 1. The number of phenols is 1. The molecule has 0 saturated carbocycles. The smallest absolute Gasteiger partial charge is 0.259 e. The molecule has 0 aliphatic rings. The van der Waals surface area contributed by atoms with Crippen molar-refractivity contribution in [3.8, 4) is 11.5 Å². The van der Waals surface area contributed by atoms with Gasteiger partial charge in [0.2, 0.25) is 0 Å². The maximum absolute atomic E-state index is 11.8. The van der Waals surface area contributed by atoms with Crippen LogP contribution in [0.4, 0.5) is 5.69 Å². The van der Waals surface area contributed by atoms with Gasteiger partial charge in [0, 0.05) is 11.3 Å². The van der Waals surface area contributed by atoms with Crippen molar-refractivity contribution in [2.24, 2.45) is 5.10 Å². The number of hydrogen-bond donors (Lipinski definition) is 3. The van der Waals surface area contributed by atoms with E-state index in [0.717, 1.165) is 5.69 Å². The lowest BCUT2D eigenvalue weighted by Crippen LogP contribution is -2.26. The molecule has 120 valence electrons. The first-order valence-corrected chi connectivity index (χ1v) is 7.09. The molecule has 0 aromatic heterocycles. The van der Waals surface area contributed by atoms with Crippen LogP contribution in [0.15, 0.2) is 53.6 Å². The molecule has 0 heterocycles. The van der Waals surface area contributed by atoms with Crippen molar-refractivity contribution < 1.29 is 14.6 Å². The van der Waals surface area contributed by atoms with Crippen LogP contribution in [0.1, 0.15) is 12.5 Å². The van der Waals surface area contributed by atoms with Gasteiger partial charge in [-0.25, -0.2) is 5.43 Å². The van der Waals surface area contributed by atoms with Gasteiger partial charge in [-0.3, -0.25) is 4.79 Å². The van der Waals surface area contributed by atoms with Gasteiger partial charge in [-0.15, -0.1) is 0 Å². The van der Waals surface area contributed by atoms with Gasteiger partial charge in [0.05, 0.1) is 19.4 Å². The van der Waals surface area contributed by atoms with E-state index >= 15 is 0 Å². The van der Waals surface area contributed by atoms with Crippen molar-refractivity contribution in [1.82, 2.24) is 5.43 Å². The molecule has 0 saturated heterocycles. The van der Waals surface area contributed by atoms with Crippen LogP contribution < -0.4 is 15.5 Å². The summed E-state index contributed by atoms with van der Waals surface area (Å²) >= 11 is 0. The van der Waals surface area contributed by atoms with E-state index in [2.05, 4.69) is 15.8 Å². The lowest BCUT2D eigenvalue weighted by atomic mass is 10.1. The highest BCUT2D eigenvalue weighted by Gasteiger charge is 2.07. The predicted molar refractivity (Wildman–Crippen MR) is 89.9 cm³/mol. The van der Waals surface area contributed by atoms with Gasteiger partial charge >= 0.3 is 0 Å². The molecule has 0 atom stereocenters. The molecule has 23 heavy (non-hydrogen) atoms. The number of phenolic OH excluding ortho intramolecular Hbond substituents is 1. The second kappa shape index (κ2) is 7.84. The van der Waals surface area contributed by atoms with Crippen molar-refractivity contribution in [2.75, 3.05) is 19.0 Å². The van der Waals surface area contributed by atoms with Gasteiger partial charge in [0.1, 0.15) is 11.5 Å². The molecule has 0 bridgehead atoms. The minimum atomic E-state index is -0.282. The molecule has 0 radical (unpaired) electrons. The minimum Gasteiger partial charge on any atom is -0.507 e. The van der Waals surface area contributed by atoms with Crippen LogP contribution in [-0.2, 0) is 4.79 Å². The quantitative estimate of drug-likeness (QED) is 0.565. The van der Waals surface area contributed by atoms with Crippen molar-refractivity contribution in [3.05, 3.63) is 54.1 Å². The lowest BCUT2D eigenvalue weighted by Gasteiger charge is -2.08. The van der Waals surface area contributed by atoms with Crippen LogP contribution in [0.2, 0.25) is 0 Å². The number of benzene rings is 2. The van der Waals surface area contributed by atoms with Gasteiger partial charge in [0.25, 0.3) is 5.91 Å². The number of rotatable bonds is 6. The van der Waals surface area contributed by atoms with Crippen LogP contribution in [0.3, 0.4) is 0 Å². The minimum absolute atomic E-state index is 0.0729. The average Bonchev–Trinajstić information content (AvgIpc) is 2.59. The first-order chi connectivity index (χ1) is 11.1. The topological polar surface area (TPSA) is 83.0 Å². The lowest BCUT2D eigenvalue weighted by molar-refractivity contribution is -0.119. The summed E-state index contributed by atoms with van der Waals surface area (Å²) in [7, 11) is 1.54. The molecule has 2 rings (SSSR count). The number of nitrogens with zero attached hydrogens (tertiary/aromatic N) is 1. The normalized spacial score (nSPS) is 11.0. The predicted octanol–water partition coefficient (Wildman–Crippen LogP) is 2.35. The van der Waals surface area contributed by atoms with Crippen molar-refractivity contribution in [2.45, 2.75) is 6.92 Å². The van der Waals surface area contributed by atoms with E-state index in [9.17, 15) is 9.90 Å². The SMILES string of the molecule is COc1ccc(O)c(/C(C)=N/NC(=O)CNc2ccccc2)c1. The van der Waals surface area contributed by atoms with E-state index in [1.165, 1.54) is 6.07 Å². The second-order valence-corrected chi connectivity index (χ2v) is 4.83. The number of nitrogens with one attached hydrogen (secondary N) is 2. The number of ether oxygens (including phenoxy) is 1. The van der Waals surface area contributed by atoms with Crippen LogP contribution in [0.25, 0.3) is 0 Å². The fourth-order valence-corrected chi connectivity index (χ4v) is 1.92. The second-order valence-electron chi connectivity index (χ2n) is 4.83. The number of anilines is 1. The molecular formula is C17H19N3O3. The summed E-state index contributed by atoms with van der Waals surface area (Å²) in [6, 6.07) is 14.2. The zero-order chi connectivity index (χ0) is 16.7. The Labute approximate surface area is 134 Å². The Hall–Kier alpha value is -3.02. The number of carbonyl (C=O) groups excluding carboxylic acids is 1. The number of hydrogen-bond acceptors (Lipinski definition) is 5. The molecule has 0 fully saturated rings. The van der Waals surface area contributed by atoms with Gasteiger partial charge in [-0.05, 0) is 37.3 Å². The van der Waals surface area contributed by atoms with Crippen molar-refractivity contribution >= 4 is 17.3 Å². The maximum atomic E-state index is 11.8. The first-order valence-electron chi connectivity index (χ1n) is 7.09. The molecule has 0 spiro atoms. The van der Waals surface area contributed by atoms with E-state index in [0.29, 0.717) is 17.0 Å². The molecule has 0 unspecified atom stereocenters. The molecule has 3 N–H and O–H groups in total. The summed E-state index contributed by atoms with van der Waals surface area (Å²) in [4.78, 5) is 11.8. The average molecular weight is 313 g/mol. The van der Waals surface area contributed by atoms with Crippen LogP contribution in [0, 0.1) is 0 Å². The Bertz CT molecular complexity index is 699. The highest BCUT2D eigenvalue weighted by molar-refractivity contribution is 6.01. The van der Waals surface area contributed by atoms with E-state index in [1.807, 2.05) is 30.3 Å². The monoisotopic (exact) mass is 313 g/mol. The first kappa shape index (κ1) is 16.4. The standard InChI is InChI=1S/C17H19N3O3/c1-12(15-10-14(23-2)8-9-16(15)21)19-20-17(22)11-18-13-6-4-3-5-7-13/h3-10,18,21H,11H2,1-2H3,(H,20,22)/b19-12+. The highest BCUT2D eigenvalue weighted by atomic mass is 16.5. The molecule has 2 aromatic rings. The summed E-state index contributed by atoms with van der Waals surface area (Å²) in [6.45, 7) is 1.80. The zero-order valence-corrected chi connectivity index (χ0v) is 13.0. The summed E-state index contributed by atoms with van der Waals surface area (Å²) in [5.41, 5.74) is 4.29. The third kappa shape index (κ3) is 4.74. The largest absolute Gasteiger partial charge is 0.507 e. The number of amides is 1. The molecular weight excluding hydrogens is 294 g/mol. The number of methoxy groups -OCH3 is 1. The van der Waals surface area contributed by atoms with Crippen LogP contribution in [-0.4, -0.2) is 30.4 Å². The molecule has 6 heteroatoms. The Kier molecular flexibility index (Phi) is 5.57. The molecule has 0 aliphatic carbocycles. The third-order valence-electron chi connectivity index (χ3n) is 3.17. The molecule has 6 nitrogen and oxygen atoms in total. The number of para-hydroxylation sites is 1. The van der Waals surface area contributed by atoms with Gasteiger partial charge in [0.15, 0.2) is 0 Å². The zero-order valence-electron chi connectivity index (χ0n) is 13.0. The molecule has 0 aliphatic heterocycles. The van der Waals surface area contributed by atoms with Crippen molar-refractivity contribution in [3.63, 3.8) is 0 Å².